The molecule has 0 heterocycles. The van der Waals surface area contributed by atoms with Gasteiger partial charge in [-0.05, 0) is 37.3 Å². The minimum absolute atomic E-state index is 0.164. The van der Waals surface area contributed by atoms with Crippen LogP contribution in [0.15, 0.2) is 24.3 Å². The minimum Gasteiger partial charge on any atom is -0.481 e. The van der Waals surface area contributed by atoms with Crippen molar-refractivity contribution in [2.75, 3.05) is 11.1 Å². The molecule has 0 spiro atoms. The van der Waals surface area contributed by atoms with Crippen LogP contribution >= 0.6 is 0 Å². The maximum Gasteiger partial charge on any atom is 0.309 e. The zero-order valence-electron chi connectivity index (χ0n) is 12.6. The summed E-state index contributed by atoms with van der Waals surface area (Å²) in [5.74, 6) is -1.36. The summed E-state index contributed by atoms with van der Waals surface area (Å²) in [6, 6.07) is 7.06. The zero-order chi connectivity index (χ0) is 15.8. The number of amides is 1. The van der Waals surface area contributed by atoms with Gasteiger partial charge in [-0.2, -0.15) is 0 Å². The van der Waals surface area contributed by atoms with Crippen molar-refractivity contribution in [1.29, 1.82) is 0 Å². The van der Waals surface area contributed by atoms with Gasteiger partial charge in [-0.15, -0.1) is 0 Å². The van der Waals surface area contributed by atoms with E-state index < -0.39 is 16.8 Å². The van der Waals surface area contributed by atoms with Crippen molar-refractivity contribution >= 4 is 23.3 Å². The van der Waals surface area contributed by atoms with E-state index in [1.807, 2.05) is 13.8 Å². The average molecular weight is 290 g/mol. The molecule has 1 aromatic carbocycles. The summed E-state index contributed by atoms with van der Waals surface area (Å²) >= 11 is 0. The van der Waals surface area contributed by atoms with E-state index in [0.29, 0.717) is 24.2 Å². The normalized spacial score (nSPS) is 27.3. The van der Waals surface area contributed by atoms with Gasteiger partial charge in [-0.3, -0.25) is 9.59 Å². The van der Waals surface area contributed by atoms with Gasteiger partial charge in [0.05, 0.1) is 16.8 Å². The number of carbonyl (C=O) groups is 2. The van der Waals surface area contributed by atoms with Gasteiger partial charge in [0.25, 0.3) is 0 Å². The lowest BCUT2D eigenvalue weighted by atomic mass is 9.65. The van der Waals surface area contributed by atoms with E-state index in [-0.39, 0.29) is 11.8 Å². The number of aliphatic carboxylic acids is 1. The molecule has 21 heavy (non-hydrogen) atoms. The Morgan fingerprint density at radius 2 is 1.90 bits per heavy atom. The summed E-state index contributed by atoms with van der Waals surface area (Å²) in [4.78, 5) is 24.1. The number of hydrogen-bond acceptors (Lipinski definition) is 3. The van der Waals surface area contributed by atoms with E-state index in [9.17, 15) is 14.7 Å². The second-order valence-electron chi connectivity index (χ2n) is 6.53. The van der Waals surface area contributed by atoms with Crippen LogP contribution < -0.4 is 11.1 Å². The minimum atomic E-state index is -0.892. The molecule has 114 valence electrons. The highest BCUT2D eigenvalue weighted by atomic mass is 16.4. The summed E-state index contributed by atoms with van der Waals surface area (Å²) in [7, 11) is 0. The number of nitrogen functional groups attached to an aromatic ring is 1. The smallest absolute Gasteiger partial charge is 0.309 e. The summed E-state index contributed by atoms with van der Waals surface area (Å²) in [6.45, 7) is 5.43. The molecule has 0 bridgehead atoms. The Kier molecular flexibility index (Phi) is 3.70. The maximum atomic E-state index is 12.5. The topological polar surface area (TPSA) is 92.4 Å². The molecule has 1 saturated carbocycles. The lowest BCUT2D eigenvalue weighted by Gasteiger charge is -2.37. The Bertz CT molecular complexity index is 583. The quantitative estimate of drug-likeness (QED) is 0.746. The first-order valence-electron chi connectivity index (χ1n) is 7.09. The van der Waals surface area contributed by atoms with Gasteiger partial charge < -0.3 is 16.2 Å². The molecule has 0 radical (unpaired) electrons. The van der Waals surface area contributed by atoms with E-state index in [2.05, 4.69) is 5.32 Å². The highest BCUT2D eigenvalue weighted by Gasteiger charge is 2.58. The molecule has 0 aliphatic heterocycles. The van der Waals surface area contributed by atoms with Crippen LogP contribution in [0, 0.1) is 16.7 Å². The summed E-state index contributed by atoms with van der Waals surface area (Å²) < 4.78 is 0. The molecule has 1 aliphatic rings. The number of carboxylic acids is 1. The van der Waals surface area contributed by atoms with Crippen LogP contribution in [-0.2, 0) is 9.59 Å². The van der Waals surface area contributed by atoms with Crippen LogP contribution in [0.5, 0.6) is 0 Å². The van der Waals surface area contributed by atoms with Gasteiger partial charge in [0.2, 0.25) is 5.91 Å². The third-order valence-electron chi connectivity index (χ3n) is 5.23. The molecule has 5 heteroatoms. The highest BCUT2D eigenvalue weighted by molar-refractivity contribution is 5.96. The van der Waals surface area contributed by atoms with Crippen molar-refractivity contribution in [3.05, 3.63) is 24.3 Å². The van der Waals surface area contributed by atoms with Crippen molar-refractivity contribution < 1.29 is 14.7 Å². The second kappa shape index (κ2) is 5.06. The zero-order valence-corrected chi connectivity index (χ0v) is 12.6. The monoisotopic (exact) mass is 290 g/mol. The molecule has 0 saturated heterocycles. The average Bonchev–Trinajstić information content (AvgIpc) is 2.64. The number of benzene rings is 1. The van der Waals surface area contributed by atoms with Gasteiger partial charge >= 0.3 is 5.97 Å². The van der Waals surface area contributed by atoms with Crippen LogP contribution in [-0.4, -0.2) is 17.0 Å². The molecule has 4 N–H and O–H groups in total. The highest BCUT2D eigenvalue weighted by Crippen LogP contribution is 2.56. The third-order valence-corrected chi connectivity index (χ3v) is 5.23. The number of para-hydroxylation sites is 2. The molecule has 5 nitrogen and oxygen atoms in total. The number of anilines is 2. The van der Waals surface area contributed by atoms with E-state index in [1.165, 1.54) is 0 Å². The van der Waals surface area contributed by atoms with Gasteiger partial charge in [0.15, 0.2) is 0 Å². The van der Waals surface area contributed by atoms with Crippen molar-refractivity contribution in [1.82, 2.24) is 0 Å². The van der Waals surface area contributed by atoms with E-state index in [4.69, 9.17) is 5.73 Å². The first-order valence-corrected chi connectivity index (χ1v) is 7.09. The number of carbonyl (C=O) groups excluding carboxylic acids is 1. The predicted molar refractivity (Wildman–Crippen MR) is 81.7 cm³/mol. The van der Waals surface area contributed by atoms with Crippen molar-refractivity contribution in [2.24, 2.45) is 16.7 Å². The number of rotatable bonds is 3. The van der Waals surface area contributed by atoms with Gasteiger partial charge in [-0.1, -0.05) is 26.0 Å². The number of carboxylic acid groups (broad SMARTS) is 1. The van der Waals surface area contributed by atoms with Crippen LogP contribution in [0.1, 0.15) is 33.6 Å². The van der Waals surface area contributed by atoms with Crippen LogP contribution in [0.25, 0.3) is 0 Å². The van der Waals surface area contributed by atoms with E-state index in [1.54, 1.807) is 31.2 Å². The maximum absolute atomic E-state index is 12.5. The van der Waals surface area contributed by atoms with Gasteiger partial charge in [-0.25, -0.2) is 0 Å². The molecule has 2 atom stereocenters. The van der Waals surface area contributed by atoms with Gasteiger partial charge in [0, 0.05) is 5.92 Å². The van der Waals surface area contributed by atoms with Crippen molar-refractivity contribution in [3.8, 4) is 0 Å². The first kappa shape index (κ1) is 15.4. The van der Waals surface area contributed by atoms with E-state index >= 15 is 0 Å². The molecule has 1 fully saturated rings. The lowest BCUT2D eigenvalue weighted by molar-refractivity contribution is -0.154. The standard InChI is InChI=1S/C16H22N2O3/c1-15(2)10(8-9-16(15,3)14(20)21)13(19)18-12-7-5-4-6-11(12)17/h4-7,10H,8-9,17H2,1-3H3,(H,18,19)(H,20,21)/t10-,16-/m1/s1. The number of nitrogens with one attached hydrogen (secondary N) is 1. The molecule has 0 aromatic heterocycles. The second-order valence-corrected chi connectivity index (χ2v) is 6.53. The van der Waals surface area contributed by atoms with Crippen molar-refractivity contribution in [3.63, 3.8) is 0 Å². The van der Waals surface area contributed by atoms with Gasteiger partial charge in [0.1, 0.15) is 0 Å². The Balaban J connectivity index is 2.22. The Labute approximate surface area is 124 Å². The summed E-state index contributed by atoms with van der Waals surface area (Å²) in [5.41, 5.74) is 5.39. The van der Waals surface area contributed by atoms with E-state index in [0.717, 1.165) is 0 Å². The fraction of sp³-hybridized carbons (Fsp3) is 0.500. The molecule has 2 rings (SSSR count). The molecular formula is C16H22N2O3. The number of hydrogen-bond donors (Lipinski definition) is 3. The largest absolute Gasteiger partial charge is 0.481 e. The molecular weight excluding hydrogens is 268 g/mol. The SMILES string of the molecule is CC1(C)[C@@H](C(=O)Nc2ccccc2N)CC[C@]1(C)C(=O)O. The lowest BCUT2D eigenvalue weighted by Crippen LogP contribution is -2.43. The fourth-order valence-electron chi connectivity index (χ4n) is 3.17. The van der Waals surface area contributed by atoms with Crippen LogP contribution in [0.3, 0.4) is 0 Å². The summed E-state index contributed by atoms with van der Waals surface area (Å²) in [5, 5.41) is 12.3. The third kappa shape index (κ3) is 2.37. The van der Waals surface area contributed by atoms with Crippen LogP contribution in [0.4, 0.5) is 11.4 Å². The molecule has 1 aliphatic carbocycles. The Hall–Kier alpha value is -2.04. The molecule has 1 amide bonds. The number of nitrogens with two attached hydrogens (primary N) is 1. The fourth-order valence-corrected chi connectivity index (χ4v) is 3.17. The molecule has 0 unspecified atom stereocenters. The summed E-state index contributed by atoms with van der Waals surface area (Å²) in [6.07, 6.45) is 1.06. The Morgan fingerprint density at radius 3 is 2.43 bits per heavy atom. The predicted octanol–water partition coefficient (Wildman–Crippen LogP) is 2.73. The molecule has 1 aromatic rings. The Morgan fingerprint density at radius 1 is 1.29 bits per heavy atom. The van der Waals surface area contributed by atoms with Crippen LogP contribution in [0.2, 0.25) is 0 Å². The van der Waals surface area contributed by atoms with Crippen molar-refractivity contribution in [2.45, 2.75) is 33.6 Å². The first-order chi connectivity index (χ1) is 9.70.